The average molecular weight is 419 g/mol. The van der Waals surface area contributed by atoms with Gasteiger partial charge in [-0.15, -0.1) is 0 Å². The van der Waals surface area contributed by atoms with E-state index in [9.17, 15) is 9.59 Å². The number of hydrogen-bond donors (Lipinski definition) is 2. The number of pyridine rings is 1. The Morgan fingerprint density at radius 1 is 0.935 bits per heavy atom. The Morgan fingerprint density at radius 2 is 1.68 bits per heavy atom. The molecule has 0 spiro atoms. The number of aromatic nitrogens is 1. The molecule has 31 heavy (non-hydrogen) atoms. The third-order valence-corrected chi connectivity index (χ3v) is 4.45. The first-order valence-electron chi connectivity index (χ1n) is 10.0. The molecular weight excluding hydrogens is 394 g/mol. The molecule has 0 saturated carbocycles. The second kappa shape index (κ2) is 10.8. The minimum Gasteiger partial charge on any atom is -0.490 e. The molecule has 0 radical (unpaired) electrons. The van der Waals surface area contributed by atoms with Crippen molar-refractivity contribution in [2.75, 3.05) is 13.2 Å². The number of aryl methyl sites for hydroxylation is 1. The molecule has 0 bridgehead atoms. The van der Waals surface area contributed by atoms with Gasteiger partial charge in [-0.3, -0.25) is 9.59 Å². The quantitative estimate of drug-likeness (QED) is 0.553. The number of carbonyl (C=O) groups excluding carboxylic acids is 2. The molecule has 0 aliphatic carbocycles. The molecule has 2 N–H and O–H groups in total. The van der Waals surface area contributed by atoms with Crippen LogP contribution in [0.5, 0.6) is 17.4 Å². The highest BCUT2D eigenvalue weighted by molar-refractivity contribution is 5.97. The summed E-state index contributed by atoms with van der Waals surface area (Å²) in [4.78, 5) is 28.5. The molecule has 2 amide bonds. The van der Waals surface area contributed by atoms with Gasteiger partial charge in [-0.05, 0) is 43.2 Å². The largest absolute Gasteiger partial charge is 0.490 e. The minimum absolute atomic E-state index is 0.101. The molecule has 1 aromatic heterocycles. The SMILES string of the molecule is CCOc1ccccc1Oc1ccc(CNC(=O)CNC(=O)c2ccccc2C)cn1. The third-order valence-electron chi connectivity index (χ3n) is 4.45. The minimum atomic E-state index is -0.284. The van der Waals surface area contributed by atoms with Gasteiger partial charge in [0.2, 0.25) is 11.8 Å². The molecule has 0 aliphatic heterocycles. The van der Waals surface area contributed by atoms with E-state index in [-0.39, 0.29) is 18.4 Å². The number of benzene rings is 2. The number of nitrogens with one attached hydrogen (secondary N) is 2. The molecule has 0 aliphatic rings. The first-order valence-corrected chi connectivity index (χ1v) is 10.0. The molecule has 0 unspecified atom stereocenters. The van der Waals surface area contributed by atoms with Crippen LogP contribution < -0.4 is 20.1 Å². The van der Waals surface area contributed by atoms with E-state index in [1.807, 2.05) is 56.3 Å². The van der Waals surface area contributed by atoms with Gasteiger partial charge < -0.3 is 20.1 Å². The second-order valence-electron chi connectivity index (χ2n) is 6.76. The van der Waals surface area contributed by atoms with Crippen LogP contribution in [-0.4, -0.2) is 29.9 Å². The lowest BCUT2D eigenvalue weighted by atomic mass is 10.1. The van der Waals surface area contributed by atoms with Crippen molar-refractivity contribution in [2.24, 2.45) is 0 Å². The maximum atomic E-state index is 12.2. The molecule has 0 saturated heterocycles. The normalized spacial score (nSPS) is 10.3. The standard InChI is InChI=1S/C24H25N3O4/c1-3-30-20-10-6-7-11-21(20)31-23-13-12-18(15-26-23)14-25-22(28)16-27-24(29)19-9-5-4-8-17(19)2/h4-13,15H,3,14,16H2,1-2H3,(H,25,28)(H,27,29). The van der Waals surface area contributed by atoms with Crippen LogP contribution in [0.1, 0.15) is 28.4 Å². The Kier molecular flexibility index (Phi) is 7.59. The molecule has 7 heteroatoms. The van der Waals surface area contributed by atoms with E-state index >= 15 is 0 Å². The van der Waals surface area contributed by atoms with Crippen LogP contribution in [-0.2, 0) is 11.3 Å². The van der Waals surface area contributed by atoms with Gasteiger partial charge in [-0.2, -0.15) is 0 Å². The molecule has 1 heterocycles. The number of carbonyl (C=O) groups is 2. The van der Waals surface area contributed by atoms with E-state index in [0.29, 0.717) is 36.1 Å². The third kappa shape index (κ3) is 6.30. The zero-order valence-corrected chi connectivity index (χ0v) is 17.6. The molecule has 7 nitrogen and oxygen atoms in total. The Balaban J connectivity index is 1.47. The summed E-state index contributed by atoms with van der Waals surface area (Å²) in [5.74, 6) is 1.10. The molecule has 3 aromatic rings. The highest BCUT2D eigenvalue weighted by atomic mass is 16.5. The zero-order chi connectivity index (χ0) is 22.1. The maximum absolute atomic E-state index is 12.2. The lowest BCUT2D eigenvalue weighted by Gasteiger charge is -2.11. The average Bonchev–Trinajstić information content (AvgIpc) is 2.79. The fraction of sp³-hybridized carbons (Fsp3) is 0.208. The van der Waals surface area contributed by atoms with Crippen molar-refractivity contribution in [3.8, 4) is 17.4 Å². The van der Waals surface area contributed by atoms with Crippen molar-refractivity contribution < 1.29 is 19.1 Å². The topological polar surface area (TPSA) is 89.5 Å². The van der Waals surface area contributed by atoms with Crippen molar-refractivity contribution >= 4 is 11.8 Å². The number of para-hydroxylation sites is 2. The number of amides is 2. The lowest BCUT2D eigenvalue weighted by Crippen LogP contribution is -2.36. The first-order chi connectivity index (χ1) is 15.1. The summed E-state index contributed by atoms with van der Waals surface area (Å²) >= 11 is 0. The van der Waals surface area contributed by atoms with Gasteiger partial charge in [0.15, 0.2) is 11.5 Å². The fourth-order valence-corrected chi connectivity index (χ4v) is 2.84. The van der Waals surface area contributed by atoms with Crippen molar-refractivity contribution in [3.63, 3.8) is 0 Å². The van der Waals surface area contributed by atoms with E-state index in [0.717, 1.165) is 11.1 Å². The smallest absolute Gasteiger partial charge is 0.251 e. The number of rotatable bonds is 9. The summed E-state index contributed by atoms with van der Waals surface area (Å²) in [6, 6.07) is 18.2. The van der Waals surface area contributed by atoms with Crippen LogP contribution in [0.25, 0.3) is 0 Å². The van der Waals surface area contributed by atoms with Crippen molar-refractivity contribution in [2.45, 2.75) is 20.4 Å². The van der Waals surface area contributed by atoms with E-state index in [4.69, 9.17) is 9.47 Å². The molecule has 2 aromatic carbocycles. The summed E-state index contributed by atoms with van der Waals surface area (Å²) in [7, 11) is 0. The number of hydrogen-bond acceptors (Lipinski definition) is 5. The molecular formula is C24H25N3O4. The fourth-order valence-electron chi connectivity index (χ4n) is 2.84. The van der Waals surface area contributed by atoms with Crippen LogP contribution in [0, 0.1) is 6.92 Å². The van der Waals surface area contributed by atoms with Gasteiger partial charge >= 0.3 is 0 Å². The molecule has 160 valence electrons. The van der Waals surface area contributed by atoms with Crippen molar-refractivity contribution in [1.29, 1.82) is 0 Å². The number of ether oxygens (including phenoxy) is 2. The predicted molar refractivity (Wildman–Crippen MR) is 117 cm³/mol. The summed E-state index contributed by atoms with van der Waals surface area (Å²) in [6.07, 6.45) is 1.63. The van der Waals surface area contributed by atoms with Gasteiger partial charge in [0.1, 0.15) is 0 Å². The Morgan fingerprint density at radius 3 is 2.39 bits per heavy atom. The second-order valence-corrected chi connectivity index (χ2v) is 6.76. The van der Waals surface area contributed by atoms with E-state index < -0.39 is 0 Å². The summed E-state index contributed by atoms with van der Waals surface area (Å²) in [5, 5.41) is 5.39. The summed E-state index contributed by atoms with van der Waals surface area (Å²) in [6.45, 7) is 4.49. The van der Waals surface area contributed by atoms with Crippen molar-refractivity contribution in [1.82, 2.24) is 15.6 Å². The lowest BCUT2D eigenvalue weighted by molar-refractivity contribution is -0.120. The highest BCUT2D eigenvalue weighted by Gasteiger charge is 2.10. The molecule has 0 atom stereocenters. The van der Waals surface area contributed by atoms with Crippen LogP contribution >= 0.6 is 0 Å². The maximum Gasteiger partial charge on any atom is 0.251 e. The van der Waals surface area contributed by atoms with Crippen LogP contribution in [0.3, 0.4) is 0 Å². The Bertz CT molecular complexity index is 1040. The Hall–Kier alpha value is -3.87. The van der Waals surface area contributed by atoms with E-state index in [1.54, 1.807) is 24.4 Å². The van der Waals surface area contributed by atoms with Crippen LogP contribution in [0.2, 0.25) is 0 Å². The van der Waals surface area contributed by atoms with E-state index in [2.05, 4.69) is 15.6 Å². The summed E-state index contributed by atoms with van der Waals surface area (Å²) < 4.78 is 11.3. The van der Waals surface area contributed by atoms with Gasteiger partial charge in [-0.25, -0.2) is 4.98 Å². The monoisotopic (exact) mass is 419 g/mol. The van der Waals surface area contributed by atoms with E-state index in [1.165, 1.54) is 0 Å². The Labute approximate surface area is 181 Å². The predicted octanol–water partition coefficient (Wildman–Crippen LogP) is 3.63. The van der Waals surface area contributed by atoms with Gasteiger partial charge in [0.05, 0.1) is 13.2 Å². The van der Waals surface area contributed by atoms with Gasteiger partial charge in [0, 0.05) is 24.4 Å². The zero-order valence-electron chi connectivity index (χ0n) is 17.6. The van der Waals surface area contributed by atoms with Gasteiger partial charge in [0.25, 0.3) is 5.91 Å². The van der Waals surface area contributed by atoms with Crippen molar-refractivity contribution in [3.05, 3.63) is 83.6 Å². The molecule has 3 rings (SSSR count). The van der Waals surface area contributed by atoms with Gasteiger partial charge in [-0.1, -0.05) is 36.4 Å². The molecule has 0 fully saturated rings. The summed E-state index contributed by atoms with van der Waals surface area (Å²) in [5.41, 5.74) is 2.22. The first kappa shape index (κ1) is 21.8. The van der Waals surface area contributed by atoms with Crippen LogP contribution in [0.15, 0.2) is 66.9 Å². The highest BCUT2D eigenvalue weighted by Crippen LogP contribution is 2.30. The number of nitrogens with zero attached hydrogens (tertiary/aromatic N) is 1. The van der Waals surface area contributed by atoms with Crippen LogP contribution in [0.4, 0.5) is 0 Å².